The van der Waals surface area contributed by atoms with Gasteiger partial charge in [-0.3, -0.25) is 0 Å². The highest BCUT2D eigenvalue weighted by molar-refractivity contribution is 5.44. The lowest BCUT2D eigenvalue weighted by Crippen LogP contribution is -2.42. The van der Waals surface area contributed by atoms with Gasteiger partial charge >= 0.3 is 0 Å². The third kappa shape index (κ3) is 3.08. The summed E-state index contributed by atoms with van der Waals surface area (Å²) < 4.78 is 0. The number of nitrogens with two attached hydrogens (primary N) is 1. The van der Waals surface area contributed by atoms with Crippen LogP contribution in [0.2, 0.25) is 0 Å². The van der Waals surface area contributed by atoms with Gasteiger partial charge in [0, 0.05) is 18.6 Å². The van der Waals surface area contributed by atoms with Crippen molar-refractivity contribution >= 4 is 11.6 Å². The number of anilines is 2. The Morgan fingerprint density at radius 2 is 2.18 bits per heavy atom. The van der Waals surface area contributed by atoms with E-state index < -0.39 is 0 Å². The SMILES string of the molecule is CC1CC(Nc2cccc(NN)n2)CCN1C. The van der Waals surface area contributed by atoms with E-state index in [1.54, 1.807) is 0 Å². The zero-order chi connectivity index (χ0) is 12.3. The highest BCUT2D eigenvalue weighted by Gasteiger charge is 2.22. The molecule has 2 rings (SSSR count). The molecule has 0 aromatic carbocycles. The van der Waals surface area contributed by atoms with E-state index in [9.17, 15) is 0 Å². The zero-order valence-electron chi connectivity index (χ0n) is 10.5. The standard InChI is InChI=1S/C12H21N5/c1-9-8-10(6-7-17(9)2)14-11-4-3-5-12(15-11)16-13/h3-5,9-10H,6-8,13H2,1-2H3,(H2,14,15,16). The summed E-state index contributed by atoms with van der Waals surface area (Å²) >= 11 is 0. The van der Waals surface area contributed by atoms with Crippen molar-refractivity contribution in [2.45, 2.75) is 31.8 Å². The van der Waals surface area contributed by atoms with Crippen LogP contribution in [0.15, 0.2) is 18.2 Å². The topological polar surface area (TPSA) is 66.2 Å². The van der Waals surface area contributed by atoms with Crippen LogP contribution in [0.25, 0.3) is 0 Å². The van der Waals surface area contributed by atoms with E-state index in [1.807, 2.05) is 18.2 Å². The second-order valence-electron chi connectivity index (χ2n) is 4.75. The summed E-state index contributed by atoms with van der Waals surface area (Å²) in [6.07, 6.45) is 2.31. The molecule has 1 aromatic heterocycles. The Hall–Kier alpha value is -1.33. The van der Waals surface area contributed by atoms with Crippen molar-refractivity contribution in [2.75, 3.05) is 24.3 Å². The van der Waals surface area contributed by atoms with Gasteiger partial charge in [0.2, 0.25) is 0 Å². The predicted molar refractivity (Wildman–Crippen MR) is 70.8 cm³/mol. The Bertz CT molecular complexity index is 368. The van der Waals surface area contributed by atoms with Crippen molar-refractivity contribution in [3.63, 3.8) is 0 Å². The molecule has 1 fully saturated rings. The molecule has 0 saturated carbocycles. The number of rotatable bonds is 3. The smallest absolute Gasteiger partial charge is 0.142 e. The average Bonchev–Trinajstić information content (AvgIpc) is 2.34. The van der Waals surface area contributed by atoms with E-state index in [4.69, 9.17) is 5.84 Å². The van der Waals surface area contributed by atoms with Crippen molar-refractivity contribution in [3.8, 4) is 0 Å². The minimum Gasteiger partial charge on any atom is -0.367 e. The van der Waals surface area contributed by atoms with Crippen molar-refractivity contribution in [1.82, 2.24) is 9.88 Å². The molecule has 2 atom stereocenters. The summed E-state index contributed by atoms with van der Waals surface area (Å²) in [5, 5.41) is 3.47. The van der Waals surface area contributed by atoms with Gasteiger partial charge in [-0.05, 0) is 38.9 Å². The number of nitrogen functional groups attached to an aromatic ring is 1. The molecule has 1 aromatic rings. The van der Waals surface area contributed by atoms with Crippen molar-refractivity contribution < 1.29 is 0 Å². The zero-order valence-corrected chi connectivity index (χ0v) is 10.5. The Morgan fingerprint density at radius 1 is 1.41 bits per heavy atom. The Balaban J connectivity index is 1.96. The lowest BCUT2D eigenvalue weighted by Gasteiger charge is -2.35. The molecule has 1 aliphatic heterocycles. The maximum atomic E-state index is 5.35. The van der Waals surface area contributed by atoms with Gasteiger partial charge in [0.05, 0.1) is 0 Å². The van der Waals surface area contributed by atoms with Gasteiger partial charge in [-0.1, -0.05) is 6.07 Å². The number of aromatic nitrogens is 1. The Kier molecular flexibility index (Phi) is 3.81. The van der Waals surface area contributed by atoms with Gasteiger partial charge in [-0.25, -0.2) is 10.8 Å². The first-order valence-electron chi connectivity index (χ1n) is 6.09. The molecular weight excluding hydrogens is 214 g/mol. The fourth-order valence-electron chi connectivity index (χ4n) is 2.23. The largest absolute Gasteiger partial charge is 0.367 e. The first-order valence-corrected chi connectivity index (χ1v) is 6.09. The minimum atomic E-state index is 0.502. The van der Waals surface area contributed by atoms with Crippen molar-refractivity contribution in [2.24, 2.45) is 5.84 Å². The molecule has 2 unspecified atom stereocenters. The highest BCUT2D eigenvalue weighted by Crippen LogP contribution is 2.19. The van der Waals surface area contributed by atoms with Crippen LogP contribution < -0.4 is 16.6 Å². The number of pyridine rings is 1. The van der Waals surface area contributed by atoms with Gasteiger partial charge in [0.25, 0.3) is 0 Å². The van der Waals surface area contributed by atoms with E-state index in [2.05, 4.69) is 34.6 Å². The summed E-state index contributed by atoms with van der Waals surface area (Å²) in [5.74, 6) is 6.93. The number of hydrogen-bond acceptors (Lipinski definition) is 5. The molecule has 2 heterocycles. The Morgan fingerprint density at radius 3 is 2.88 bits per heavy atom. The van der Waals surface area contributed by atoms with Gasteiger partial charge in [0.15, 0.2) is 0 Å². The fourth-order valence-corrected chi connectivity index (χ4v) is 2.23. The molecule has 0 amide bonds. The average molecular weight is 235 g/mol. The monoisotopic (exact) mass is 235 g/mol. The van der Waals surface area contributed by atoms with Gasteiger partial charge in [0.1, 0.15) is 11.6 Å². The quantitative estimate of drug-likeness (QED) is 0.544. The maximum Gasteiger partial charge on any atom is 0.142 e. The number of hydrazine groups is 1. The van der Waals surface area contributed by atoms with E-state index >= 15 is 0 Å². The van der Waals surface area contributed by atoms with Crippen LogP contribution in [0.3, 0.4) is 0 Å². The molecule has 0 bridgehead atoms. The van der Waals surface area contributed by atoms with E-state index in [0.29, 0.717) is 17.9 Å². The van der Waals surface area contributed by atoms with Gasteiger partial charge < -0.3 is 15.6 Å². The van der Waals surface area contributed by atoms with Crippen molar-refractivity contribution in [3.05, 3.63) is 18.2 Å². The lowest BCUT2D eigenvalue weighted by atomic mass is 9.99. The molecule has 5 nitrogen and oxygen atoms in total. The van der Waals surface area contributed by atoms with E-state index in [-0.39, 0.29) is 0 Å². The molecular formula is C12H21N5. The highest BCUT2D eigenvalue weighted by atomic mass is 15.3. The van der Waals surface area contributed by atoms with Gasteiger partial charge in [-0.15, -0.1) is 0 Å². The number of nitrogens with one attached hydrogen (secondary N) is 2. The molecule has 4 N–H and O–H groups in total. The first kappa shape index (κ1) is 12.1. The van der Waals surface area contributed by atoms with Crippen LogP contribution in [0.4, 0.5) is 11.6 Å². The number of piperidine rings is 1. The normalized spacial score (nSPS) is 25.6. The Labute approximate surface area is 102 Å². The second-order valence-corrected chi connectivity index (χ2v) is 4.75. The maximum absolute atomic E-state index is 5.35. The molecule has 1 saturated heterocycles. The third-order valence-electron chi connectivity index (χ3n) is 3.46. The van der Waals surface area contributed by atoms with Crippen LogP contribution in [-0.2, 0) is 0 Å². The summed E-state index contributed by atoms with van der Waals surface area (Å²) in [4.78, 5) is 6.76. The number of hydrogen-bond donors (Lipinski definition) is 3. The third-order valence-corrected chi connectivity index (χ3v) is 3.46. The van der Waals surface area contributed by atoms with E-state index in [1.165, 1.54) is 0 Å². The molecule has 94 valence electrons. The van der Waals surface area contributed by atoms with E-state index in [0.717, 1.165) is 25.2 Å². The molecule has 17 heavy (non-hydrogen) atoms. The molecule has 0 aliphatic carbocycles. The second kappa shape index (κ2) is 5.33. The van der Waals surface area contributed by atoms with Gasteiger partial charge in [-0.2, -0.15) is 0 Å². The first-order chi connectivity index (χ1) is 8.19. The van der Waals surface area contributed by atoms with Crippen LogP contribution >= 0.6 is 0 Å². The summed E-state index contributed by atoms with van der Waals surface area (Å²) in [6, 6.07) is 6.90. The number of nitrogens with zero attached hydrogens (tertiary/aromatic N) is 2. The minimum absolute atomic E-state index is 0.502. The summed E-state index contributed by atoms with van der Waals surface area (Å²) in [5.41, 5.74) is 2.56. The summed E-state index contributed by atoms with van der Waals surface area (Å²) in [7, 11) is 2.18. The molecule has 0 spiro atoms. The molecule has 5 heteroatoms. The van der Waals surface area contributed by atoms with Crippen LogP contribution in [0.1, 0.15) is 19.8 Å². The molecule has 0 radical (unpaired) electrons. The van der Waals surface area contributed by atoms with Crippen LogP contribution in [0.5, 0.6) is 0 Å². The lowest BCUT2D eigenvalue weighted by molar-refractivity contribution is 0.190. The molecule has 1 aliphatic rings. The van der Waals surface area contributed by atoms with Crippen molar-refractivity contribution in [1.29, 1.82) is 0 Å². The number of likely N-dealkylation sites (tertiary alicyclic amines) is 1. The predicted octanol–water partition coefficient (Wildman–Crippen LogP) is 1.26. The summed E-state index contributed by atoms with van der Waals surface area (Å²) in [6.45, 7) is 3.40. The van der Waals surface area contributed by atoms with Crippen LogP contribution in [0, 0.1) is 0 Å². The fraction of sp³-hybridized carbons (Fsp3) is 0.583. The van der Waals surface area contributed by atoms with Crippen LogP contribution in [-0.4, -0.2) is 35.6 Å².